The van der Waals surface area contributed by atoms with E-state index in [4.69, 9.17) is 53.4 Å². The fourth-order valence-corrected chi connectivity index (χ4v) is 60.0. The van der Waals surface area contributed by atoms with Crippen molar-refractivity contribution >= 4 is 129 Å². The van der Waals surface area contributed by atoms with Crippen molar-refractivity contribution in [1.82, 2.24) is 0 Å². The zero-order chi connectivity index (χ0) is 98.1. The molecule has 10 aromatic carbocycles. The highest BCUT2D eigenvalue weighted by Gasteiger charge is 2.49. The summed E-state index contributed by atoms with van der Waals surface area (Å²) in [7, 11) is -16.2. The summed E-state index contributed by atoms with van der Waals surface area (Å²) in [6.07, 6.45) is 17.1. The molecule has 2 aliphatic heterocycles. The second-order valence-electron chi connectivity index (χ2n) is 40.7. The first kappa shape index (κ1) is 132. The van der Waals surface area contributed by atoms with Crippen LogP contribution >= 0.6 is 46.2 Å². The predicted octanol–water partition coefficient (Wildman–Crippen LogP) is 40.4. The average molecular weight is 2250 g/mol. The van der Waals surface area contributed by atoms with Crippen LogP contribution < -0.4 is 28.4 Å². The van der Waals surface area contributed by atoms with Gasteiger partial charge in [0.15, 0.2) is 34.7 Å². The molecule has 0 fully saturated rings. The molecule has 0 amide bonds. The van der Waals surface area contributed by atoms with E-state index in [1.54, 1.807) is 0 Å². The molecule has 0 saturated carbocycles. The molecule has 12 aromatic rings. The number of thioether (sulfide) groups is 2. The molecule has 14 rings (SSSR count). The van der Waals surface area contributed by atoms with Gasteiger partial charge in [-0.15, -0.1) is 22.7 Å². The summed E-state index contributed by atoms with van der Waals surface area (Å²) in [5.74, 6) is 5.42. The molecule has 0 radical (unpaired) electrons. The Kier molecular flexibility index (Phi) is 55.6. The molecular formula is C123H186O12S6Si7+2. The van der Waals surface area contributed by atoms with E-state index in [-0.39, 0.29) is 82.1 Å². The van der Waals surface area contributed by atoms with E-state index in [2.05, 4.69) is 328 Å². The lowest BCUT2D eigenvalue weighted by atomic mass is 9.92. The standard InChI is InChI=1S/C114H148O12S6Si7.9CH4/c1-18-115-97-64-52-91(53-65-97)87-44-48-89(49-45-87)93-56-68-99(69-57-93)117-76-33-21-25-37-81-137(15,122-133(5,6)7)125-136(14,121-86(3)4)80-36-24-20-32-78-119-101-72-60-95(61-73-101)103-84-127-111(113-129-105-40-28-29-41-106(105)130-113)109(103)110-104(85-128-112(110)114-131-107-42-30-31-43-108(107)132-114)96-62-74-102(75-63-96)120-79-35-23-27-39-83-139(17,124-135(11,12)13)126-138(16,123-134(8,9)10)82-38-26-22-34-77-118-100-70-58-94(59-71-100)90-50-46-88(47-51-90)92-54-66-98(67-55-92)116-19-2;;;;;;;;;/h28-31,40-75,84-86,113-114H,18-27,32-39,76-83H2,1-17H3;9*1H4/p+2. The van der Waals surface area contributed by atoms with E-state index in [1.807, 2.05) is 84.3 Å². The largest absolute Gasteiger partial charge is 0.494 e. The van der Waals surface area contributed by atoms with E-state index >= 15 is 0 Å². The van der Waals surface area contributed by atoms with E-state index in [0.29, 0.717) is 39.6 Å². The first-order valence-corrected chi connectivity index (χ1v) is 76.5. The molecule has 148 heavy (non-hydrogen) atoms. The van der Waals surface area contributed by atoms with Gasteiger partial charge in [0, 0.05) is 51.9 Å². The van der Waals surface area contributed by atoms with Gasteiger partial charge in [-0.25, -0.2) is 0 Å². The lowest BCUT2D eigenvalue weighted by Gasteiger charge is -2.43. The normalized spacial score (nSPS) is 14.7. The lowest BCUT2D eigenvalue weighted by Crippen LogP contribution is -2.58. The molecular weight excluding hydrogens is 2060 g/mol. The van der Waals surface area contributed by atoms with Crippen molar-refractivity contribution in [3.05, 3.63) is 263 Å². The Labute approximate surface area is 930 Å². The maximum atomic E-state index is 7.52. The summed E-state index contributed by atoms with van der Waals surface area (Å²) in [4.78, 5) is 8.43. The molecule has 812 valence electrons. The number of thiophene rings is 2. The van der Waals surface area contributed by atoms with Crippen LogP contribution in [0.2, 0.25) is 109 Å². The second kappa shape index (κ2) is 62.6. The first-order valence-electron chi connectivity index (χ1n) is 50.8. The minimum absolute atomic E-state index is 0. The third kappa shape index (κ3) is 39.8. The summed E-state index contributed by atoms with van der Waals surface area (Å²) < 4.78 is 81.0. The van der Waals surface area contributed by atoms with Crippen molar-refractivity contribution in [3.63, 3.8) is 0 Å². The molecule has 0 aliphatic carbocycles. The van der Waals surface area contributed by atoms with Crippen LogP contribution in [0.25, 0.3) is 77.9 Å². The zero-order valence-electron chi connectivity index (χ0n) is 85.3. The maximum Gasteiger partial charge on any atom is 0.326 e. The molecule has 2 aliphatic rings. The Bertz CT molecular complexity index is 5730. The van der Waals surface area contributed by atoms with Gasteiger partial charge < -0.3 is 53.4 Å². The summed E-state index contributed by atoms with van der Waals surface area (Å²) >= 11 is 10.6. The lowest BCUT2D eigenvalue weighted by molar-refractivity contribution is 0.170. The fraction of sp³-hybridized carbons (Fsp3) is 0.447. The Balaban J connectivity index is 0.00000428. The molecule has 6 atom stereocenters. The van der Waals surface area contributed by atoms with Crippen LogP contribution in [0.5, 0.6) is 34.5 Å². The third-order valence-electron chi connectivity index (χ3n) is 24.6. The Morgan fingerprint density at radius 1 is 0.257 bits per heavy atom. The number of benzene rings is 10. The summed E-state index contributed by atoms with van der Waals surface area (Å²) in [6.45, 7) is 42.5. The maximum absolute atomic E-state index is 7.52. The van der Waals surface area contributed by atoms with Crippen molar-refractivity contribution in [2.24, 2.45) is 0 Å². The number of fused-ring (bicyclic) bond motifs is 2. The van der Waals surface area contributed by atoms with Crippen molar-refractivity contribution in [2.75, 3.05) is 39.6 Å². The number of thiol groups is 2. The van der Waals surface area contributed by atoms with Gasteiger partial charge in [0.2, 0.25) is 9.16 Å². The fourth-order valence-electron chi connectivity index (χ4n) is 18.9. The highest BCUT2D eigenvalue weighted by Crippen LogP contribution is 2.60. The molecule has 2 aromatic heterocycles. The molecule has 0 bridgehead atoms. The van der Waals surface area contributed by atoms with Crippen LogP contribution in [-0.4, -0.2) is 105 Å². The van der Waals surface area contributed by atoms with E-state index in [0.717, 1.165) is 161 Å². The average Bonchev–Trinajstić information content (AvgIpc) is 1.58. The van der Waals surface area contributed by atoms with Gasteiger partial charge in [0.05, 0.1) is 59.2 Å². The minimum Gasteiger partial charge on any atom is -0.494 e. The van der Waals surface area contributed by atoms with Crippen LogP contribution in [-0.2, 0) is 48.5 Å². The van der Waals surface area contributed by atoms with Crippen LogP contribution in [0.4, 0.5) is 0 Å². The Morgan fingerprint density at radius 2 is 0.480 bits per heavy atom. The second-order valence-corrected chi connectivity index (χ2v) is 76.1. The van der Waals surface area contributed by atoms with Gasteiger partial charge in [-0.05, 0) is 326 Å². The SMILES string of the molecule is C.C.C.C.C.C.C.C.C.CCOc1ccc(-c2ccc(-c3ccc(OCCCCCC[Si](C)(O[Si](C)(C)C)O[Si](C)(CCCCCCOc4ccc(-c5csc(C6Sc7ccccc7[SH+]6)c5-c5c(-c6ccc(OCCCCCC[Si](C)(O[Si](C)(C)C)O[Si](C)(CCCCCCOc7ccc(-c8ccc(-c9ccc(OCC)cc9)cc8)cc7)O[Si](C)(C)C)cc6)csc5C5Sc6ccccc6[SH+]5)cc4)OC(C)C)cc3)cc2)cc1. The van der Waals surface area contributed by atoms with E-state index in [1.165, 1.54) is 131 Å². The quantitative estimate of drug-likeness (QED) is 0.0156. The number of rotatable bonds is 57. The van der Waals surface area contributed by atoms with Gasteiger partial charge in [-0.3, -0.25) is 0 Å². The van der Waals surface area contributed by atoms with Gasteiger partial charge in [-0.1, -0.05) is 313 Å². The smallest absolute Gasteiger partial charge is 0.326 e. The molecule has 4 heterocycles. The van der Waals surface area contributed by atoms with E-state index in [9.17, 15) is 0 Å². The molecule has 12 nitrogen and oxygen atoms in total. The van der Waals surface area contributed by atoms with Crippen LogP contribution in [0.3, 0.4) is 0 Å². The molecule has 0 N–H and O–H groups in total. The number of hydrogen-bond acceptors (Lipinski definition) is 16. The number of ether oxygens (including phenoxy) is 6. The predicted molar refractivity (Wildman–Crippen MR) is 673 cm³/mol. The van der Waals surface area contributed by atoms with Crippen LogP contribution in [0.15, 0.2) is 273 Å². The first-order chi connectivity index (χ1) is 66.8. The summed E-state index contributed by atoms with van der Waals surface area (Å²) in [5.41, 5.74) is 17.1. The van der Waals surface area contributed by atoms with Gasteiger partial charge in [0.1, 0.15) is 34.5 Å². The van der Waals surface area contributed by atoms with Crippen molar-refractivity contribution in [3.8, 4) is 112 Å². The van der Waals surface area contributed by atoms with Crippen molar-refractivity contribution in [1.29, 1.82) is 0 Å². The van der Waals surface area contributed by atoms with Crippen molar-refractivity contribution in [2.45, 2.75) is 341 Å². The topological polar surface area (TPSA) is 111 Å². The highest BCUT2D eigenvalue weighted by molar-refractivity contribution is 8.12. The van der Waals surface area contributed by atoms with E-state index < -0.39 is 59.2 Å². The summed E-state index contributed by atoms with van der Waals surface area (Å²) in [5, 5.41) is 4.90. The van der Waals surface area contributed by atoms with Crippen molar-refractivity contribution < 1.29 is 53.4 Å². The van der Waals surface area contributed by atoms with Crippen LogP contribution in [0, 0.1) is 0 Å². The summed E-state index contributed by atoms with van der Waals surface area (Å²) in [6, 6.07) is 91.0. The molecule has 0 saturated heterocycles. The monoisotopic (exact) mass is 2240 g/mol. The number of hydrogen-bond donors (Lipinski definition) is 0. The molecule has 6 unspecified atom stereocenters. The molecule has 25 heteroatoms. The zero-order valence-corrected chi connectivity index (χ0v) is 97.3. The van der Waals surface area contributed by atoms with Gasteiger partial charge in [-0.2, -0.15) is 0 Å². The van der Waals surface area contributed by atoms with Gasteiger partial charge in [0.25, 0.3) is 0 Å². The third-order valence-corrected chi connectivity index (χ3v) is 58.8. The number of unbranched alkanes of at least 4 members (excludes halogenated alkanes) is 12. The molecule has 0 spiro atoms. The Morgan fingerprint density at radius 3 is 0.723 bits per heavy atom. The minimum atomic E-state index is -2.62. The van der Waals surface area contributed by atoms with Gasteiger partial charge >= 0.3 is 34.2 Å². The Hall–Kier alpha value is -6.92. The highest BCUT2D eigenvalue weighted by atomic mass is 32.2. The van der Waals surface area contributed by atoms with Crippen LogP contribution in [0.1, 0.15) is 216 Å².